The van der Waals surface area contributed by atoms with Gasteiger partial charge >= 0.3 is 0 Å². The van der Waals surface area contributed by atoms with Crippen LogP contribution >= 0.6 is 11.6 Å². The van der Waals surface area contributed by atoms with Gasteiger partial charge in [-0.25, -0.2) is 9.97 Å². The van der Waals surface area contributed by atoms with E-state index in [0.29, 0.717) is 18.9 Å². The summed E-state index contributed by atoms with van der Waals surface area (Å²) < 4.78 is 5.23. The summed E-state index contributed by atoms with van der Waals surface area (Å²) in [6.45, 7) is 1.29. The summed E-state index contributed by atoms with van der Waals surface area (Å²) >= 11 is 5.60. The van der Waals surface area contributed by atoms with Crippen molar-refractivity contribution < 1.29 is 9.53 Å². The molecule has 6 heteroatoms. The van der Waals surface area contributed by atoms with Gasteiger partial charge in [0, 0.05) is 13.7 Å². The lowest BCUT2D eigenvalue weighted by molar-refractivity contribution is 0.0705. The van der Waals surface area contributed by atoms with Gasteiger partial charge in [-0.05, 0) is 6.42 Å². The largest absolute Gasteiger partial charge is 0.379 e. The molecule has 1 aromatic rings. The Kier molecular flexibility index (Phi) is 3.36. The van der Waals surface area contributed by atoms with E-state index in [1.165, 1.54) is 12.4 Å². The van der Waals surface area contributed by atoms with Gasteiger partial charge in [-0.15, -0.1) is 0 Å². The lowest BCUT2D eigenvalue weighted by atomic mass is 10.2. The summed E-state index contributed by atoms with van der Waals surface area (Å²) in [5, 5.41) is 0.281. The summed E-state index contributed by atoms with van der Waals surface area (Å²) in [5.74, 6) is -0.153. The molecular formula is C10H12ClN3O2. The Morgan fingerprint density at radius 3 is 2.94 bits per heavy atom. The number of hydrogen-bond donors (Lipinski definition) is 0. The van der Waals surface area contributed by atoms with Gasteiger partial charge in [0.1, 0.15) is 10.8 Å². The number of carbonyl (C=O) groups excluding carboxylic acids is 1. The van der Waals surface area contributed by atoms with Crippen molar-refractivity contribution >= 4 is 17.5 Å². The van der Waals surface area contributed by atoms with Crippen LogP contribution in [0.25, 0.3) is 0 Å². The molecule has 1 atom stereocenters. The number of ether oxygens (including phenoxy) is 1. The predicted molar refractivity (Wildman–Crippen MR) is 58.4 cm³/mol. The van der Waals surface area contributed by atoms with Gasteiger partial charge in [-0.2, -0.15) is 0 Å². The molecule has 0 saturated carbocycles. The van der Waals surface area contributed by atoms with E-state index in [1.807, 2.05) is 0 Å². The fourth-order valence-corrected chi connectivity index (χ4v) is 1.69. The average molecular weight is 242 g/mol. The van der Waals surface area contributed by atoms with E-state index in [9.17, 15) is 4.79 Å². The molecule has 1 fully saturated rings. The van der Waals surface area contributed by atoms with Gasteiger partial charge in [0.15, 0.2) is 0 Å². The fraction of sp³-hybridized carbons (Fsp3) is 0.500. The molecule has 2 heterocycles. The Balaban J connectivity index is 2.08. The summed E-state index contributed by atoms with van der Waals surface area (Å²) in [4.78, 5) is 21.4. The van der Waals surface area contributed by atoms with E-state index >= 15 is 0 Å². The molecule has 16 heavy (non-hydrogen) atoms. The van der Waals surface area contributed by atoms with Gasteiger partial charge in [0.2, 0.25) is 0 Å². The normalized spacial score (nSPS) is 19.8. The number of rotatable bonds is 2. The third-order valence-electron chi connectivity index (χ3n) is 2.61. The number of likely N-dealkylation sites (N-methyl/N-ethyl adjacent to an activating group) is 1. The van der Waals surface area contributed by atoms with E-state index in [2.05, 4.69) is 9.97 Å². The van der Waals surface area contributed by atoms with Gasteiger partial charge < -0.3 is 9.64 Å². The average Bonchev–Trinajstić information content (AvgIpc) is 2.81. The Morgan fingerprint density at radius 1 is 1.56 bits per heavy atom. The highest BCUT2D eigenvalue weighted by molar-refractivity contribution is 6.29. The standard InChI is InChI=1S/C10H12ClN3O2/c1-14(7-2-3-16-6-7)10(15)8-4-13-9(11)5-12-8/h4-5,7H,2-3,6H2,1H3. The molecule has 1 aromatic heterocycles. The number of aromatic nitrogens is 2. The van der Waals surface area contributed by atoms with Crippen LogP contribution in [0.4, 0.5) is 0 Å². The van der Waals surface area contributed by atoms with Crippen LogP contribution in [-0.2, 0) is 4.74 Å². The van der Waals surface area contributed by atoms with Crippen LogP contribution in [-0.4, -0.2) is 47.1 Å². The number of nitrogens with zero attached hydrogens (tertiary/aromatic N) is 3. The minimum Gasteiger partial charge on any atom is -0.379 e. The first-order valence-corrected chi connectivity index (χ1v) is 5.38. The summed E-state index contributed by atoms with van der Waals surface area (Å²) in [6, 6.07) is 0.130. The zero-order chi connectivity index (χ0) is 11.5. The van der Waals surface area contributed by atoms with Crippen LogP contribution in [0.5, 0.6) is 0 Å². The van der Waals surface area contributed by atoms with Gasteiger partial charge in [0.25, 0.3) is 5.91 Å². The first kappa shape index (κ1) is 11.3. The quantitative estimate of drug-likeness (QED) is 0.775. The zero-order valence-corrected chi connectivity index (χ0v) is 9.65. The smallest absolute Gasteiger partial charge is 0.274 e. The topological polar surface area (TPSA) is 55.3 Å². The highest BCUT2D eigenvalue weighted by atomic mass is 35.5. The van der Waals surface area contributed by atoms with Crippen molar-refractivity contribution in [1.29, 1.82) is 0 Å². The Bertz CT molecular complexity index is 376. The number of carbonyl (C=O) groups is 1. The minimum absolute atomic E-state index is 0.130. The van der Waals surface area contributed by atoms with Gasteiger partial charge in [0.05, 0.1) is 25.0 Å². The first-order valence-electron chi connectivity index (χ1n) is 5.01. The number of hydrogen-bond acceptors (Lipinski definition) is 4. The second-order valence-corrected chi connectivity index (χ2v) is 4.05. The van der Waals surface area contributed by atoms with Crippen molar-refractivity contribution in [3.8, 4) is 0 Å². The molecule has 0 aliphatic carbocycles. The van der Waals surface area contributed by atoms with Crippen LogP contribution in [0.3, 0.4) is 0 Å². The highest BCUT2D eigenvalue weighted by Gasteiger charge is 2.25. The zero-order valence-electron chi connectivity index (χ0n) is 8.89. The van der Waals surface area contributed by atoms with Crippen molar-refractivity contribution in [1.82, 2.24) is 14.9 Å². The third-order valence-corrected chi connectivity index (χ3v) is 2.81. The molecule has 1 unspecified atom stereocenters. The maximum Gasteiger partial charge on any atom is 0.274 e. The van der Waals surface area contributed by atoms with Crippen molar-refractivity contribution in [2.24, 2.45) is 0 Å². The van der Waals surface area contributed by atoms with E-state index in [-0.39, 0.29) is 17.1 Å². The SMILES string of the molecule is CN(C(=O)c1cnc(Cl)cn1)C1CCOC1. The molecule has 1 aliphatic rings. The van der Waals surface area contributed by atoms with Crippen molar-refractivity contribution in [3.63, 3.8) is 0 Å². The van der Waals surface area contributed by atoms with E-state index in [4.69, 9.17) is 16.3 Å². The summed E-state index contributed by atoms with van der Waals surface area (Å²) in [5.41, 5.74) is 0.304. The molecule has 2 rings (SSSR count). The van der Waals surface area contributed by atoms with E-state index in [1.54, 1.807) is 11.9 Å². The van der Waals surface area contributed by atoms with E-state index in [0.717, 1.165) is 6.42 Å². The van der Waals surface area contributed by atoms with Crippen molar-refractivity contribution in [2.75, 3.05) is 20.3 Å². The molecular weight excluding hydrogens is 230 g/mol. The van der Waals surface area contributed by atoms with Crippen molar-refractivity contribution in [3.05, 3.63) is 23.2 Å². The second-order valence-electron chi connectivity index (χ2n) is 3.66. The maximum absolute atomic E-state index is 12.0. The molecule has 0 radical (unpaired) electrons. The Hall–Kier alpha value is -1.20. The monoisotopic (exact) mass is 241 g/mol. The lowest BCUT2D eigenvalue weighted by Gasteiger charge is -2.22. The fourth-order valence-electron chi connectivity index (χ4n) is 1.60. The molecule has 5 nitrogen and oxygen atoms in total. The third kappa shape index (κ3) is 2.31. The molecule has 0 aromatic carbocycles. The second kappa shape index (κ2) is 4.76. The van der Waals surface area contributed by atoms with Crippen molar-refractivity contribution in [2.45, 2.75) is 12.5 Å². The summed E-state index contributed by atoms with van der Waals surface area (Å²) in [6.07, 6.45) is 3.62. The molecule has 1 amide bonds. The maximum atomic E-state index is 12.0. The van der Waals surface area contributed by atoms with Crippen LogP contribution in [0, 0.1) is 0 Å². The minimum atomic E-state index is -0.153. The van der Waals surface area contributed by atoms with Crippen LogP contribution < -0.4 is 0 Å². The molecule has 1 saturated heterocycles. The Labute approximate surface area is 98.4 Å². The number of halogens is 1. The molecule has 0 spiro atoms. The molecule has 86 valence electrons. The highest BCUT2D eigenvalue weighted by Crippen LogP contribution is 2.13. The molecule has 0 bridgehead atoms. The first-order chi connectivity index (χ1) is 7.68. The van der Waals surface area contributed by atoms with Crippen LogP contribution in [0.2, 0.25) is 5.15 Å². The van der Waals surface area contributed by atoms with Gasteiger partial charge in [-0.3, -0.25) is 4.79 Å². The predicted octanol–water partition coefficient (Wildman–Crippen LogP) is 0.991. The summed E-state index contributed by atoms with van der Waals surface area (Å²) in [7, 11) is 1.75. The number of amides is 1. The molecule has 1 aliphatic heterocycles. The molecule has 0 N–H and O–H groups in total. The van der Waals surface area contributed by atoms with Gasteiger partial charge in [-0.1, -0.05) is 11.6 Å². The lowest BCUT2D eigenvalue weighted by Crippen LogP contribution is -2.37. The van der Waals surface area contributed by atoms with Crippen LogP contribution in [0.15, 0.2) is 12.4 Å². The Morgan fingerprint density at radius 2 is 2.38 bits per heavy atom. The van der Waals surface area contributed by atoms with E-state index < -0.39 is 0 Å². The van der Waals surface area contributed by atoms with Crippen LogP contribution in [0.1, 0.15) is 16.9 Å².